The van der Waals surface area contributed by atoms with Crippen molar-refractivity contribution in [1.29, 1.82) is 0 Å². The number of fused-ring (bicyclic) bond motifs is 1. The third kappa shape index (κ3) is 2.81. The fraction of sp³-hybridized carbons (Fsp3) is 0.300. The zero-order valence-electron chi connectivity index (χ0n) is 15.4. The minimum Gasteiger partial charge on any atom is -0.354 e. The Morgan fingerprint density at radius 3 is 2.75 bits per heavy atom. The molecule has 0 radical (unpaired) electrons. The summed E-state index contributed by atoms with van der Waals surface area (Å²) >= 11 is 0. The molecule has 28 heavy (non-hydrogen) atoms. The van der Waals surface area contributed by atoms with Gasteiger partial charge in [0.1, 0.15) is 12.0 Å². The third-order valence-electron chi connectivity index (χ3n) is 5.20. The number of nitrogens with zero attached hydrogens (tertiary/aromatic N) is 6. The molecule has 0 unspecified atom stereocenters. The summed E-state index contributed by atoms with van der Waals surface area (Å²) in [5.41, 5.74) is 3.87. The molecule has 2 aliphatic heterocycles. The summed E-state index contributed by atoms with van der Waals surface area (Å²) in [6.07, 6.45) is 6.66. The van der Waals surface area contributed by atoms with E-state index in [2.05, 4.69) is 15.1 Å². The van der Waals surface area contributed by atoms with Gasteiger partial charge in [-0.3, -0.25) is 9.78 Å². The number of carbonyl (C=O) groups is 1. The highest BCUT2D eigenvalue weighted by molar-refractivity contribution is 6.09. The molecule has 3 aromatic rings. The molecular weight excluding hydrogens is 359 g/mol. The smallest absolute Gasteiger partial charge is 0.262 e. The SMILES string of the molecule is Cc1cncc(N2Cc3nn(-c4ccc(N5CC[C@@H](F)C5)nc4)cc3C2=O)c1. The number of hydrogen-bond donors (Lipinski definition) is 0. The second-order valence-electron chi connectivity index (χ2n) is 7.25. The first-order valence-electron chi connectivity index (χ1n) is 9.26. The van der Waals surface area contributed by atoms with Gasteiger partial charge in [0.25, 0.3) is 5.91 Å². The molecule has 1 saturated heterocycles. The Labute approximate surface area is 161 Å². The summed E-state index contributed by atoms with van der Waals surface area (Å²) in [5.74, 6) is 0.682. The van der Waals surface area contributed by atoms with Crippen LogP contribution in [0.4, 0.5) is 15.9 Å². The fourth-order valence-corrected chi connectivity index (χ4v) is 3.73. The molecule has 0 spiro atoms. The van der Waals surface area contributed by atoms with Crippen LogP contribution in [0, 0.1) is 6.92 Å². The molecule has 0 saturated carbocycles. The normalized spacial score (nSPS) is 18.8. The second kappa shape index (κ2) is 6.40. The van der Waals surface area contributed by atoms with Crippen LogP contribution < -0.4 is 9.80 Å². The second-order valence-corrected chi connectivity index (χ2v) is 7.25. The van der Waals surface area contributed by atoms with Gasteiger partial charge >= 0.3 is 0 Å². The van der Waals surface area contributed by atoms with Crippen LogP contribution in [0.25, 0.3) is 5.69 Å². The fourth-order valence-electron chi connectivity index (χ4n) is 3.73. The highest BCUT2D eigenvalue weighted by Crippen LogP contribution is 2.28. The first kappa shape index (κ1) is 16.9. The summed E-state index contributed by atoms with van der Waals surface area (Å²) in [6.45, 7) is 3.44. The van der Waals surface area contributed by atoms with E-state index in [0.29, 0.717) is 31.6 Å². The van der Waals surface area contributed by atoms with Gasteiger partial charge < -0.3 is 9.80 Å². The van der Waals surface area contributed by atoms with Crippen molar-refractivity contribution in [2.75, 3.05) is 22.9 Å². The van der Waals surface area contributed by atoms with Gasteiger partial charge in [-0.15, -0.1) is 0 Å². The zero-order chi connectivity index (χ0) is 19.3. The minimum atomic E-state index is -0.784. The van der Waals surface area contributed by atoms with E-state index in [1.807, 2.05) is 30.0 Å². The van der Waals surface area contributed by atoms with Gasteiger partial charge in [-0.25, -0.2) is 14.1 Å². The van der Waals surface area contributed by atoms with Crippen LogP contribution >= 0.6 is 0 Å². The molecular formula is C20H19FN6O. The molecule has 2 aliphatic rings. The lowest BCUT2D eigenvalue weighted by molar-refractivity contribution is 0.0996. The maximum absolute atomic E-state index is 13.4. The number of alkyl halides is 1. The molecule has 0 N–H and O–H groups in total. The van der Waals surface area contributed by atoms with Crippen LogP contribution in [0.3, 0.4) is 0 Å². The van der Waals surface area contributed by atoms with Crippen molar-refractivity contribution >= 4 is 17.4 Å². The van der Waals surface area contributed by atoms with Crippen LogP contribution in [0.1, 0.15) is 28.0 Å². The van der Waals surface area contributed by atoms with E-state index in [1.165, 1.54) is 0 Å². The number of aromatic nitrogens is 4. The maximum Gasteiger partial charge on any atom is 0.262 e. The largest absolute Gasteiger partial charge is 0.354 e. The van der Waals surface area contributed by atoms with Crippen molar-refractivity contribution in [3.8, 4) is 5.69 Å². The molecule has 142 valence electrons. The van der Waals surface area contributed by atoms with Crippen molar-refractivity contribution in [3.63, 3.8) is 0 Å². The van der Waals surface area contributed by atoms with E-state index in [9.17, 15) is 9.18 Å². The van der Waals surface area contributed by atoms with Gasteiger partial charge in [-0.1, -0.05) is 0 Å². The summed E-state index contributed by atoms with van der Waals surface area (Å²) in [7, 11) is 0. The van der Waals surface area contributed by atoms with Crippen molar-refractivity contribution in [1.82, 2.24) is 19.7 Å². The van der Waals surface area contributed by atoms with Gasteiger partial charge in [0.2, 0.25) is 0 Å². The zero-order valence-corrected chi connectivity index (χ0v) is 15.4. The lowest BCUT2D eigenvalue weighted by atomic mass is 10.3. The molecule has 1 fully saturated rings. The summed E-state index contributed by atoms with van der Waals surface area (Å²) < 4.78 is 15.1. The lowest BCUT2D eigenvalue weighted by Gasteiger charge is -2.17. The highest BCUT2D eigenvalue weighted by atomic mass is 19.1. The van der Waals surface area contributed by atoms with Crippen molar-refractivity contribution in [2.24, 2.45) is 0 Å². The molecule has 3 aromatic heterocycles. The number of hydrogen-bond acceptors (Lipinski definition) is 5. The number of rotatable bonds is 3. The molecule has 0 aliphatic carbocycles. The summed E-state index contributed by atoms with van der Waals surface area (Å²) in [6, 6.07) is 5.70. The first-order chi connectivity index (χ1) is 13.6. The maximum atomic E-state index is 13.4. The molecule has 5 heterocycles. The number of amides is 1. The lowest BCUT2D eigenvalue weighted by Crippen LogP contribution is -2.24. The number of anilines is 2. The van der Waals surface area contributed by atoms with Crippen LogP contribution in [-0.2, 0) is 6.54 Å². The Hall–Kier alpha value is -3.29. The Balaban J connectivity index is 1.37. The Morgan fingerprint density at radius 1 is 1.18 bits per heavy atom. The first-order valence-corrected chi connectivity index (χ1v) is 9.26. The Bertz CT molecular complexity index is 1050. The predicted molar refractivity (Wildman–Crippen MR) is 103 cm³/mol. The van der Waals surface area contributed by atoms with Gasteiger partial charge in [-0.05, 0) is 37.1 Å². The van der Waals surface area contributed by atoms with Crippen LogP contribution in [0.2, 0.25) is 0 Å². The van der Waals surface area contributed by atoms with Crippen molar-refractivity contribution < 1.29 is 9.18 Å². The van der Waals surface area contributed by atoms with E-state index < -0.39 is 6.17 Å². The Morgan fingerprint density at radius 2 is 2.07 bits per heavy atom. The van der Waals surface area contributed by atoms with E-state index in [1.54, 1.807) is 34.4 Å². The summed E-state index contributed by atoms with van der Waals surface area (Å²) in [5, 5.41) is 4.57. The monoisotopic (exact) mass is 378 g/mol. The van der Waals surface area contributed by atoms with Crippen LogP contribution in [0.5, 0.6) is 0 Å². The van der Waals surface area contributed by atoms with Crippen LogP contribution in [-0.4, -0.2) is 44.9 Å². The third-order valence-corrected chi connectivity index (χ3v) is 5.20. The number of pyridine rings is 2. The molecule has 0 aromatic carbocycles. The molecule has 8 heteroatoms. The van der Waals surface area contributed by atoms with E-state index in [-0.39, 0.29) is 5.91 Å². The molecule has 5 rings (SSSR count). The average molecular weight is 378 g/mol. The Kier molecular flexibility index (Phi) is 3.85. The van der Waals surface area contributed by atoms with E-state index in [4.69, 9.17) is 0 Å². The standard InChI is InChI=1S/C20H19FN6O/c1-13-6-16(8-22-7-13)26-12-18-17(20(26)28)11-27(24-18)15-2-3-19(23-9-15)25-5-4-14(21)10-25/h2-3,6-9,11,14H,4-5,10,12H2,1H3/t14-/m1/s1. The molecule has 1 amide bonds. The molecule has 7 nitrogen and oxygen atoms in total. The quantitative estimate of drug-likeness (QED) is 0.701. The van der Waals surface area contributed by atoms with Gasteiger partial charge in [-0.2, -0.15) is 5.10 Å². The van der Waals surface area contributed by atoms with Crippen molar-refractivity contribution in [3.05, 3.63) is 59.8 Å². The molecule has 0 bridgehead atoms. The van der Waals surface area contributed by atoms with Crippen LogP contribution in [0.15, 0.2) is 43.0 Å². The minimum absolute atomic E-state index is 0.0794. The van der Waals surface area contributed by atoms with Gasteiger partial charge in [0.15, 0.2) is 0 Å². The summed E-state index contributed by atoms with van der Waals surface area (Å²) in [4.78, 5) is 25.0. The van der Waals surface area contributed by atoms with Gasteiger partial charge in [0, 0.05) is 18.9 Å². The van der Waals surface area contributed by atoms with E-state index in [0.717, 1.165) is 28.5 Å². The number of aryl methyl sites for hydroxylation is 1. The number of halogens is 1. The number of carbonyl (C=O) groups excluding carboxylic acids is 1. The van der Waals surface area contributed by atoms with E-state index >= 15 is 0 Å². The highest BCUT2D eigenvalue weighted by Gasteiger charge is 2.32. The molecule has 1 atom stereocenters. The van der Waals surface area contributed by atoms with Gasteiger partial charge in [0.05, 0.1) is 48.1 Å². The predicted octanol–water partition coefficient (Wildman–Crippen LogP) is 2.68. The topological polar surface area (TPSA) is 67.2 Å². The van der Waals surface area contributed by atoms with Crippen molar-refractivity contribution in [2.45, 2.75) is 26.1 Å². The average Bonchev–Trinajstić information content (AvgIpc) is 3.38.